The Morgan fingerprint density at radius 1 is 1.37 bits per heavy atom. The Labute approximate surface area is 122 Å². The molecule has 2 fully saturated rings. The predicted molar refractivity (Wildman–Crippen MR) is 78.4 cm³/mol. The van der Waals surface area contributed by atoms with Crippen LogP contribution in [0.2, 0.25) is 0 Å². The molecule has 0 atom stereocenters. The zero-order valence-corrected chi connectivity index (χ0v) is 12.7. The summed E-state index contributed by atoms with van der Waals surface area (Å²) in [6, 6.07) is 0. The zero-order valence-electron chi connectivity index (χ0n) is 11.9. The van der Waals surface area contributed by atoms with Gasteiger partial charge in [0, 0.05) is 26.8 Å². The van der Waals surface area contributed by atoms with E-state index in [0.717, 1.165) is 51.7 Å². The molecule has 0 unspecified atom stereocenters. The second-order valence-electron chi connectivity index (χ2n) is 5.85. The number of rotatable bonds is 5. The molecule has 1 aliphatic heterocycles. The Bertz CT molecular complexity index is 287. The van der Waals surface area contributed by atoms with Crippen molar-refractivity contribution in [2.45, 2.75) is 38.5 Å². The van der Waals surface area contributed by atoms with Gasteiger partial charge < -0.3 is 15.4 Å². The summed E-state index contributed by atoms with van der Waals surface area (Å²) in [4.78, 5) is 14.7. The monoisotopic (exact) mass is 290 g/mol. The number of likely N-dealkylation sites (tertiary alicyclic amines) is 1. The molecule has 2 N–H and O–H groups in total. The fourth-order valence-corrected chi connectivity index (χ4v) is 3.18. The van der Waals surface area contributed by atoms with E-state index >= 15 is 0 Å². The second-order valence-corrected chi connectivity index (χ2v) is 5.85. The van der Waals surface area contributed by atoms with Crippen molar-refractivity contribution in [2.24, 2.45) is 17.1 Å². The van der Waals surface area contributed by atoms with Gasteiger partial charge in [-0.15, -0.1) is 12.4 Å². The first-order chi connectivity index (χ1) is 8.72. The van der Waals surface area contributed by atoms with Crippen molar-refractivity contribution >= 4 is 18.3 Å². The molecule has 0 spiro atoms. The van der Waals surface area contributed by atoms with E-state index < -0.39 is 0 Å². The van der Waals surface area contributed by atoms with Crippen LogP contribution in [0.1, 0.15) is 38.5 Å². The first-order valence-electron chi connectivity index (χ1n) is 7.20. The van der Waals surface area contributed by atoms with Crippen molar-refractivity contribution in [3.05, 3.63) is 0 Å². The van der Waals surface area contributed by atoms with Crippen molar-refractivity contribution in [3.8, 4) is 0 Å². The highest BCUT2D eigenvalue weighted by Crippen LogP contribution is 2.45. The van der Waals surface area contributed by atoms with Crippen LogP contribution in [-0.4, -0.2) is 44.2 Å². The molecule has 112 valence electrons. The summed E-state index contributed by atoms with van der Waals surface area (Å²) < 4.78 is 5.16. The summed E-state index contributed by atoms with van der Waals surface area (Å²) in [6.45, 7) is 3.26. The van der Waals surface area contributed by atoms with Crippen LogP contribution >= 0.6 is 12.4 Å². The summed E-state index contributed by atoms with van der Waals surface area (Å²) in [7, 11) is 1.71. The van der Waals surface area contributed by atoms with Crippen LogP contribution in [0, 0.1) is 11.3 Å². The first-order valence-corrected chi connectivity index (χ1v) is 7.20. The van der Waals surface area contributed by atoms with Crippen LogP contribution in [0.25, 0.3) is 0 Å². The van der Waals surface area contributed by atoms with Gasteiger partial charge in [-0.2, -0.15) is 0 Å². The molecular weight excluding hydrogens is 264 g/mol. The second kappa shape index (κ2) is 7.46. The molecule has 0 bridgehead atoms. The lowest BCUT2D eigenvalue weighted by Gasteiger charge is -2.45. The van der Waals surface area contributed by atoms with Crippen molar-refractivity contribution in [3.63, 3.8) is 0 Å². The van der Waals surface area contributed by atoms with E-state index in [1.54, 1.807) is 7.11 Å². The quantitative estimate of drug-likeness (QED) is 0.840. The maximum atomic E-state index is 12.6. The summed E-state index contributed by atoms with van der Waals surface area (Å²) in [5.41, 5.74) is 5.60. The SMILES string of the molecule is COCCC1(C(=O)N2CCC(CN)CC2)CCC1.Cl. The maximum Gasteiger partial charge on any atom is 0.228 e. The highest BCUT2D eigenvalue weighted by molar-refractivity contribution is 5.85. The van der Waals surface area contributed by atoms with Crippen LogP contribution in [0.4, 0.5) is 0 Å². The van der Waals surface area contributed by atoms with Gasteiger partial charge in [0.05, 0.1) is 5.41 Å². The van der Waals surface area contributed by atoms with E-state index in [9.17, 15) is 4.79 Å². The van der Waals surface area contributed by atoms with Gasteiger partial charge >= 0.3 is 0 Å². The number of amides is 1. The minimum Gasteiger partial charge on any atom is -0.385 e. The van der Waals surface area contributed by atoms with E-state index in [4.69, 9.17) is 10.5 Å². The van der Waals surface area contributed by atoms with Gasteiger partial charge in [0.15, 0.2) is 0 Å². The lowest BCUT2D eigenvalue weighted by atomic mass is 9.65. The van der Waals surface area contributed by atoms with Crippen LogP contribution in [0.5, 0.6) is 0 Å². The molecule has 5 heteroatoms. The molecule has 2 rings (SSSR count). The maximum absolute atomic E-state index is 12.6. The van der Waals surface area contributed by atoms with Gasteiger partial charge in [0.2, 0.25) is 5.91 Å². The zero-order chi connectivity index (χ0) is 13.0. The van der Waals surface area contributed by atoms with Crippen LogP contribution < -0.4 is 5.73 Å². The summed E-state index contributed by atoms with van der Waals surface area (Å²) in [6.07, 6.45) is 6.32. The summed E-state index contributed by atoms with van der Waals surface area (Å²) in [5, 5.41) is 0. The van der Waals surface area contributed by atoms with Gasteiger partial charge in [0.1, 0.15) is 0 Å². The molecule has 0 radical (unpaired) electrons. The van der Waals surface area contributed by atoms with Gasteiger partial charge in [-0.1, -0.05) is 6.42 Å². The summed E-state index contributed by atoms with van der Waals surface area (Å²) >= 11 is 0. The van der Waals surface area contributed by atoms with Crippen LogP contribution in [0.15, 0.2) is 0 Å². The Morgan fingerprint density at radius 3 is 2.42 bits per heavy atom. The molecular formula is C14H27ClN2O2. The van der Waals surface area contributed by atoms with Crippen molar-refractivity contribution in [1.29, 1.82) is 0 Å². The third-order valence-corrected chi connectivity index (χ3v) is 4.78. The van der Waals surface area contributed by atoms with E-state index in [1.165, 1.54) is 6.42 Å². The number of methoxy groups -OCH3 is 1. The molecule has 2 aliphatic rings. The van der Waals surface area contributed by atoms with E-state index in [-0.39, 0.29) is 17.8 Å². The highest BCUT2D eigenvalue weighted by Gasteiger charge is 2.46. The van der Waals surface area contributed by atoms with Gasteiger partial charge in [-0.25, -0.2) is 0 Å². The molecule has 0 aromatic heterocycles. The Hall–Kier alpha value is -0.320. The number of nitrogens with zero attached hydrogens (tertiary/aromatic N) is 1. The molecule has 4 nitrogen and oxygen atoms in total. The number of carbonyl (C=O) groups is 1. The molecule has 0 aromatic rings. The molecule has 1 saturated heterocycles. The fourth-order valence-electron chi connectivity index (χ4n) is 3.18. The van der Waals surface area contributed by atoms with Gasteiger partial charge in [-0.3, -0.25) is 4.79 Å². The number of hydrogen-bond donors (Lipinski definition) is 1. The lowest BCUT2D eigenvalue weighted by Crippen LogP contribution is -2.51. The largest absolute Gasteiger partial charge is 0.385 e. The number of halogens is 1. The topological polar surface area (TPSA) is 55.6 Å². The summed E-state index contributed by atoms with van der Waals surface area (Å²) in [5.74, 6) is 0.992. The number of carbonyl (C=O) groups excluding carboxylic acids is 1. The average Bonchev–Trinajstić information content (AvgIpc) is 2.37. The molecule has 1 saturated carbocycles. The Morgan fingerprint density at radius 2 is 2.00 bits per heavy atom. The Kier molecular flexibility index (Phi) is 6.57. The smallest absolute Gasteiger partial charge is 0.228 e. The van der Waals surface area contributed by atoms with Crippen molar-refractivity contribution in [1.82, 2.24) is 4.90 Å². The first kappa shape index (κ1) is 16.7. The standard InChI is InChI=1S/C14H26N2O2.ClH/c1-18-10-7-14(5-2-6-14)13(17)16-8-3-12(11-15)4-9-16;/h12H,2-11,15H2,1H3;1H. The molecule has 1 amide bonds. The number of ether oxygens (including phenoxy) is 1. The van der Waals surface area contributed by atoms with Crippen LogP contribution in [-0.2, 0) is 9.53 Å². The molecule has 0 aromatic carbocycles. The average molecular weight is 291 g/mol. The van der Waals surface area contributed by atoms with Crippen LogP contribution in [0.3, 0.4) is 0 Å². The molecule has 19 heavy (non-hydrogen) atoms. The minimum absolute atomic E-state index is 0. The minimum atomic E-state index is -0.0917. The highest BCUT2D eigenvalue weighted by atomic mass is 35.5. The van der Waals surface area contributed by atoms with Gasteiger partial charge in [0.25, 0.3) is 0 Å². The number of nitrogens with two attached hydrogens (primary N) is 1. The lowest BCUT2D eigenvalue weighted by molar-refractivity contribution is -0.150. The van der Waals surface area contributed by atoms with E-state index in [2.05, 4.69) is 4.90 Å². The molecule has 1 aliphatic carbocycles. The molecule has 1 heterocycles. The number of piperidine rings is 1. The number of hydrogen-bond acceptors (Lipinski definition) is 3. The normalized spacial score (nSPS) is 22.5. The van der Waals surface area contributed by atoms with Crippen molar-refractivity contribution in [2.75, 3.05) is 33.4 Å². The fraction of sp³-hybridized carbons (Fsp3) is 0.929. The van der Waals surface area contributed by atoms with E-state index in [0.29, 0.717) is 18.4 Å². The van der Waals surface area contributed by atoms with Crippen molar-refractivity contribution < 1.29 is 9.53 Å². The third kappa shape index (κ3) is 3.61. The predicted octanol–water partition coefficient (Wildman–Crippen LogP) is 1.81. The van der Waals surface area contributed by atoms with Gasteiger partial charge in [-0.05, 0) is 44.6 Å². The Balaban J connectivity index is 0.00000180. The third-order valence-electron chi connectivity index (χ3n) is 4.78. The van der Waals surface area contributed by atoms with E-state index in [1.807, 2.05) is 0 Å².